The summed E-state index contributed by atoms with van der Waals surface area (Å²) in [4.78, 5) is 25.0. The van der Waals surface area contributed by atoms with Crippen molar-refractivity contribution in [2.24, 2.45) is 7.05 Å². The van der Waals surface area contributed by atoms with Crippen LogP contribution in [0, 0.1) is 10.5 Å². The zero-order valence-electron chi connectivity index (χ0n) is 11.4. The molecule has 0 spiro atoms. The molecular weight excluding hydrogens is 385 g/mol. The third-order valence-corrected chi connectivity index (χ3v) is 4.38. The topological polar surface area (TPSA) is 105 Å². The molecule has 3 rings (SSSR count). The number of nitrogen functional groups attached to an aromatic ring is 1. The summed E-state index contributed by atoms with van der Waals surface area (Å²) in [7, 11) is 1.78. The van der Waals surface area contributed by atoms with E-state index in [9.17, 15) is 4.79 Å². The monoisotopic (exact) mass is 397 g/mol. The van der Waals surface area contributed by atoms with E-state index in [-0.39, 0.29) is 12.1 Å². The number of fused-ring (bicyclic) bond motifs is 1. The van der Waals surface area contributed by atoms with Crippen LogP contribution < -0.4 is 11.3 Å². The Morgan fingerprint density at radius 2 is 2.14 bits per heavy atom. The molecule has 0 amide bonds. The Morgan fingerprint density at radius 3 is 2.90 bits per heavy atom. The first-order valence-corrected chi connectivity index (χ1v) is 7.21. The molecule has 0 saturated heterocycles. The highest BCUT2D eigenvalue weighted by Crippen LogP contribution is 2.16. The summed E-state index contributed by atoms with van der Waals surface area (Å²) >= 11 is 1.99. The lowest BCUT2D eigenvalue weighted by Gasteiger charge is -2.07. The molecule has 0 aliphatic carbocycles. The number of rotatable bonds is 2. The Kier molecular flexibility index (Phi) is 3.35. The lowest BCUT2D eigenvalue weighted by molar-refractivity contribution is 0.687. The Bertz CT molecular complexity index is 898. The molecule has 3 heterocycles. The molecule has 3 aromatic heterocycles. The number of aryl methyl sites for hydroxylation is 2. The average molecular weight is 397 g/mol. The third-order valence-electron chi connectivity index (χ3n) is 3.14. The minimum Gasteiger partial charge on any atom is -0.383 e. The van der Waals surface area contributed by atoms with E-state index >= 15 is 0 Å². The van der Waals surface area contributed by atoms with E-state index in [0.29, 0.717) is 31.9 Å². The highest BCUT2D eigenvalue weighted by Gasteiger charge is 2.11. The molecular formula is C12H12IN7O. The van der Waals surface area contributed by atoms with Gasteiger partial charge in [-0.15, -0.1) is 0 Å². The molecule has 0 aliphatic heterocycles. The maximum absolute atomic E-state index is 12.2. The Hall–Kier alpha value is -2.04. The van der Waals surface area contributed by atoms with Crippen LogP contribution in [0.3, 0.4) is 0 Å². The lowest BCUT2D eigenvalue weighted by atomic mass is 10.4. The molecule has 21 heavy (non-hydrogen) atoms. The molecule has 0 radical (unpaired) electrons. The van der Waals surface area contributed by atoms with Gasteiger partial charge in [0.05, 0.1) is 33.7 Å². The summed E-state index contributed by atoms with van der Waals surface area (Å²) in [5, 5.41) is 4.80. The fraction of sp³-hybridized carbons (Fsp3) is 0.250. The summed E-state index contributed by atoms with van der Waals surface area (Å²) in [6.07, 6.45) is 3.11. The van der Waals surface area contributed by atoms with Crippen molar-refractivity contribution >= 4 is 39.4 Å². The van der Waals surface area contributed by atoms with Crippen LogP contribution in [0.4, 0.5) is 5.82 Å². The number of nitrogens with zero attached hydrogens (tertiary/aromatic N) is 6. The number of nitrogens with two attached hydrogens (primary N) is 1. The molecule has 0 bridgehead atoms. The van der Waals surface area contributed by atoms with Crippen molar-refractivity contribution in [1.82, 2.24) is 29.3 Å². The van der Waals surface area contributed by atoms with E-state index in [1.54, 1.807) is 24.9 Å². The molecule has 0 aliphatic rings. The zero-order chi connectivity index (χ0) is 15.1. The highest BCUT2D eigenvalue weighted by molar-refractivity contribution is 14.1. The molecule has 8 nitrogen and oxygen atoms in total. The predicted octanol–water partition coefficient (Wildman–Crippen LogP) is 0.464. The second-order valence-corrected chi connectivity index (χ2v) is 5.69. The molecule has 0 atom stereocenters. The van der Waals surface area contributed by atoms with Crippen LogP contribution in [0.15, 0.2) is 17.3 Å². The summed E-state index contributed by atoms with van der Waals surface area (Å²) in [5.41, 5.74) is 7.14. The van der Waals surface area contributed by atoms with Crippen LogP contribution in [0.1, 0.15) is 11.5 Å². The van der Waals surface area contributed by atoms with E-state index < -0.39 is 0 Å². The summed E-state index contributed by atoms with van der Waals surface area (Å²) in [5.74, 6) is 0.804. The minimum absolute atomic E-state index is 0.115. The van der Waals surface area contributed by atoms with Crippen molar-refractivity contribution in [3.05, 3.63) is 38.0 Å². The van der Waals surface area contributed by atoms with Crippen molar-refractivity contribution in [3.8, 4) is 0 Å². The standard InChI is InChI=1S/C12H12IN7O/c1-6-9(13)12(21)20(5-15-6)4-8-17-10(14)7-3-16-19(2)11(7)18-8/h3,5H,4H2,1-2H3,(H2,14,17,18). The Balaban J connectivity index is 2.08. The first kappa shape index (κ1) is 13.9. The fourth-order valence-electron chi connectivity index (χ4n) is 1.97. The van der Waals surface area contributed by atoms with Gasteiger partial charge < -0.3 is 5.73 Å². The summed E-state index contributed by atoms with van der Waals surface area (Å²) in [6, 6.07) is 0. The van der Waals surface area contributed by atoms with Gasteiger partial charge in [-0.1, -0.05) is 0 Å². The molecule has 2 N–H and O–H groups in total. The van der Waals surface area contributed by atoms with Gasteiger partial charge in [-0.2, -0.15) is 5.10 Å². The van der Waals surface area contributed by atoms with Crippen LogP contribution >= 0.6 is 22.6 Å². The third kappa shape index (κ3) is 2.37. The van der Waals surface area contributed by atoms with Gasteiger partial charge in [0.25, 0.3) is 5.56 Å². The van der Waals surface area contributed by atoms with Crippen LogP contribution in [-0.2, 0) is 13.6 Å². The quantitative estimate of drug-likeness (QED) is 0.631. The molecule has 108 valence electrons. The van der Waals surface area contributed by atoms with Gasteiger partial charge in [-0.3, -0.25) is 14.0 Å². The van der Waals surface area contributed by atoms with Gasteiger partial charge in [0.2, 0.25) is 0 Å². The van der Waals surface area contributed by atoms with Gasteiger partial charge >= 0.3 is 0 Å². The summed E-state index contributed by atoms with van der Waals surface area (Å²) < 4.78 is 3.67. The second-order valence-electron chi connectivity index (χ2n) is 4.61. The minimum atomic E-state index is -0.115. The van der Waals surface area contributed by atoms with E-state index in [2.05, 4.69) is 20.1 Å². The van der Waals surface area contributed by atoms with Crippen LogP contribution in [0.5, 0.6) is 0 Å². The van der Waals surface area contributed by atoms with Crippen LogP contribution in [-0.4, -0.2) is 29.3 Å². The molecule has 0 unspecified atom stereocenters. The van der Waals surface area contributed by atoms with E-state index in [0.717, 1.165) is 0 Å². The van der Waals surface area contributed by atoms with Gasteiger partial charge in [-0.05, 0) is 29.5 Å². The number of anilines is 1. The number of hydrogen-bond donors (Lipinski definition) is 1. The molecule has 0 saturated carbocycles. The van der Waals surface area contributed by atoms with Gasteiger partial charge in [0.1, 0.15) is 5.82 Å². The van der Waals surface area contributed by atoms with E-state index in [4.69, 9.17) is 5.73 Å². The summed E-state index contributed by atoms with van der Waals surface area (Å²) in [6.45, 7) is 2.01. The molecule has 3 aromatic rings. The molecule has 0 aromatic carbocycles. The maximum Gasteiger partial charge on any atom is 0.267 e. The normalized spacial score (nSPS) is 11.2. The van der Waals surface area contributed by atoms with Crippen molar-refractivity contribution in [2.45, 2.75) is 13.5 Å². The van der Waals surface area contributed by atoms with Gasteiger partial charge in [0.15, 0.2) is 11.5 Å². The van der Waals surface area contributed by atoms with E-state index in [1.165, 1.54) is 10.9 Å². The number of aromatic nitrogens is 6. The SMILES string of the molecule is Cc1ncn(Cc2nc(N)c3cnn(C)c3n2)c(=O)c1I. The smallest absolute Gasteiger partial charge is 0.267 e. The van der Waals surface area contributed by atoms with Crippen molar-refractivity contribution in [3.63, 3.8) is 0 Å². The lowest BCUT2D eigenvalue weighted by Crippen LogP contribution is -2.25. The Labute approximate surface area is 133 Å². The first-order chi connectivity index (χ1) is 9.97. The second kappa shape index (κ2) is 5.06. The highest BCUT2D eigenvalue weighted by atomic mass is 127. The van der Waals surface area contributed by atoms with E-state index in [1.807, 2.05) is 22.6 Å². The number of hydrogen-bond acceptors (Lipinski definition) is 6. The van der Waals surface area contributed by atoms with Crippen molar-refractivity contribution < 1.29 is 0 Å². The van der Waals surface area contributed by atoms with Crippen LogP contribution in [0.25, 0.3) is 11.0 Å². The van der Waals surface area contributed by atoms with Gasteiger partial charge in [0, 0.05) is 7.05 Å². The average Bonchev–Trinajstić information content (AvgIpc) is 2.82. The predicted molar refractivity (Wildman–Crippen MR) is 85.8 cm³/mol. The largest absolute Gasteiger partial charge is 0.383 e. The zero-order valence-corrected chi connectivity index (χ0v) is 13.6. The van der Waals surface area contributed by atoms with Crippen molar-refractivity contribution in [2.75, 3.05) is 5.73 Å². The van der Waals surface area contributed by atoms with Crippen molar-refractivity contribution in [1.29, 1.82) is 0 Å². The Morgan fingerprint density at radius 1 is 1.38 bits per heavy atom. The number of halogens is 1. The van der Waals surface area contributed by atoms with Crippen LogP contribution in [0.2, 0.25) is 0 Å². The fourth-order valence-corrected chi connectivity index (χ4v) is 2.42. The molecule has 0 fully saturated rings. The maximum atomic E-state index is 12.2. The van der Waals surface area contributed by atoms with Gasteiger partial charge in [-0.25, -0.2) is 15.0 Å². The molecule has 9 heteroatoms. The first-order valence-electron chi connectivity index (χ1n) is 6.13.